The molecule has 1 aromatic heterocycles. The van der Waals surface area contributed by atoms with E-state index < -0.39 is 0 Å². The SMILES string of the molecule is CSC1(CNC(=O)c2cc(Br)cnc2N)CCCCC1. The topological polar surface area (TPSA) is 68.0 Å². The van der Waals surface area contributed by atoms with Gasteiger partial charge in [-0.2, -0.15) is 11.8 Å². The zero-order chi connectivity index (χ0) is 14.6. The highest BCUT2D eigenvalue weighted by Gasteiger charge is 2.31. The minimum atomic E-state index is -0.143. The van der Waals surface area contributed by atoms with Gasteiger partial charge in [-0.15, -0.1) is 0 Å². The summed E-state index contributed by atoms with van der Waals surface area (Å²) in [6, 6.07) is 1.71. The highest BCUT2D eigenvalue weighted by atomic mass is 79.9. The van der Waals surface area contributed by atoms with Crippen LogP contribution in [-0.2, 0) is 0 Å². The highest BCUT2D eigenvalue weighted by Crippen LogP contribution is 2.38. The van der Waals surface area contributed by atoms with E-state index in [0.29, 0.717) is 12.1 Å². The maximum Gasteiger partial charge on any atom is 0.255 e. The third-order valence-corrected chi connectivity index (χ3v) is 5.75. The van der Waals surface area contributed by atoms with E-state index in [-0.39, 0.29) is 16.5 Å². The first-order valence-electron chi connectivity index (χ1n) is 6.81. The van der Waals surface area contributed by atoms with E-state index in [9.17, 15) is 4.79 Å². The number of hydrogen-bond acceptors (Lipinski definition) is 4. The van der Waals surface area contributed by atoms with Gasteiger partial charge < -0.3 is 11.1 Å². The largest absolute Gasteiger partial charge is 0.383 e. The van der Waals surface area contributed by atoms with Crippen LogP contribution >= 0.6 is 27.7 Å². The number of carbonyl (C=O) groups excluding carboxylic acids is 1. The van der Waals surface area contributed by atoms with Gasteiger partial charge in [-0.05, 0) is 41.1 Å². The number of halogens is 1. The molecule has 1 saturated carbocycles. The van der Waals surface area contributed by atoms with Crippen LogP contribution in [0.5, 0.6) is 0 Å². The van der Waals surface area contributed by atoms with Gasteiger partial charge in [-0.25, -0.2) is 4.98 Å². The Balaban J connectivity index is 2.02. The molecule has 1 aliphatic rings. The maximum atomic E-state index is 12.3. The van der Waals surface area contributed by atoms with Crippen LogP contribution in [0, 0.1) is 0 Å². The average molecular weight is 358 g/mol. The number of pyridine rings is 1. The minimum absolute atomic E-state index is 0.143. The van der Waals surface area contributed by atoms with E-state index in [1.807, 2.05) is 11.8 Å². The number of hydrogen-bond donors (Lipinski definition) is 2. The summed E-state index contributed by atoms with van der Waals surface area (Å²) in [7, 11) is 0. The third-order valence-electron chi connectivity index (χ3n) is 3.90. The fourth-order valence-corrected chi connectivity index (χ4v) is 3.86. The first kappa shape index (κ1) is 15.6. The lowest BCUT2D eigenvalue weighted by Crippen LogP contribution is -2.42. The fraction of sp³-hybridized carbons (Fsp3) is 0.571. The van der Waals surface area contributed by atoms with E-state index in [4.69, 9.17) is 5.73 Å². The van der Waals surface area contributed by atoms with Crippen LogP contribution in [-0.4, -0.2) is 28.4 Å². The second-order valence-corrected chi connectivity index (χ2v) is 7.41. The van der Waals surface area contributed by atoms with Crippen molar-refractivity contribution in [2.75, 3.05) is 18.5 Å². The van der Waals surface area contributed by atoms with Crippen molar-refractivity contribution in [1.82, 2.24) is 10.3 Å². The van der Waals surface area contributed by atoms with Crippen LogP contribution in [0.4, 0.5) is 5.82 Å². The Morgan fingerprint density at radius 3 is 2.85 bits per heavy atom. The summed E-state index contributed by atoms with van der Waals surface area (Å²) in [5, 5.41) is 3.03. The molecule has 0 spiro atoms. The maximum absolute atomic E-state index is 12.3. The van der Waals surface area contributed by atoms with Crippen molar-refractivity contribution >= 4 is 39.4 Å². The number of nitrogens with two attached hydrogens (primary N) is 1. The number of aromatic nitrogens is 1. The van der Waals surface area contributed by atoms with Crippen molar-refractivity contribution in [3.8, 4) is 0 Å². The first-order chi connectivity index (χ1) is 9.56. The van der Waals surface area contributed by atoms with E-state index in [1.165, 1.54) is 32.1 Å². The van der Waals surface area contributed by atoms with Gasteiger partial charge in [0.2, 0.25) is 0 Å². The molecule has 1 heterocycles. The number of nitrogen functional groups attached to an aromatic ring is 1. The Morgan fingerprint density at radius 1 is 1.50 bits per heavy atom. The van der Waals surface area contributed by atoms with Gasteiger partial charge in [-0.1, -0.05) is 19.3 Å². The molecule has 2 rings (SSSR count). The van der Waals surface area contributed by atoms with Gasteiger partial charge in [0.1, 0.15) is 5.82 Å². The number of rotatable bonds is 4. The Hall–Kier alpha value is -0.750. The van der Waals surface area contributed by atoms with Gasteiger partial charge in [0, 0.05) is 22.0 Å². The van der Waals surface area contributed by atoms with Crippen molar-refractivity contribution in [2.45, 2.75) is 36.9 Å². The molecule has 6 heteroatoms. The summed E-state index contributed by atoms with van der Waals surface area (Å²) in [6.07, 6.45) is 9.86. The Bertz CT molecular complexity index is 489. The van der Waals surface area contributed by atoms with Crippen molar-refractivity contribution in [3.63, 3.8) is 0 Å². The average Bonchev–Trinajstić information content (AvgIpc) is 2.48. The zero-order valence-electron chi connectivity index (χ0n) is 11.6. The standard InChI is InChI=1S/C14H20BrN3OS/c1-20-14(5-3-2-4-6-14)9-18-13(19)11-7-10(15)8-17-12(11)16/h7-8H,2-6,9H2,1H3,(H2,16,17)(H,18,19). The monoisotopic (exact) mass is 357 g/mol. The lowest BCUT2D eigenvalue weighted by Gasteiger charge is -2.35. The molecule has 20 heavy (non-hydrogen) atoms. The van der Waals surface area contributed by atoms with Gasteiger partial charge in [0.05, 0.1) is 5.56 Å². The van der Waals surface area contributed by atoms with E-state index in [1.54, 1.807) is 12.3 Å². The zero-order valence-corrected chi connectivity index (χ0v) is 14.0. The van der Waals surface area contributed by atoms with Crippen LogP contribution in [0.25, 0.3) is 0 Å². The van der Waals surface area contributed by atoms with Gasteiger partial charge in [-0.3, -0.25) is 4.79 Å². The number of amides is 1. The summed E-state index contributed by atoms with van der Waals surface area (Å²) in [5.41, 5.74) is 6.20. The second kappa shape index (κ2) is 6.80. The Kier molecular flexibility index (Phi) is 5.32. The van der Waals surface area contributed by atoms with Crippen molar-refractivity contribution in [1.29, 1.82) is 0 Å². The first-order valence-corrected chi connectivity index (χ1v) is 8.82. The van der Waals surface area contributed by atoms with E-state index in [2.05, 4.69) is 32.5 Å². The van der Waals surface area contributed by atoms with Crippen molar-refractivity contribution in [2.24, 2.45) is 0 Å². The molecule has 0 saturated heterocycles. The van der Waals surface area contributed by atoms with Crippen LogP contribution < -0.4 is 11.1 Å². The molecular formula is C14H20BrN3OS. The van der Waals surface area contributed by atoms with Crippen LogP contribution in [0.3, 0.4) is 0 Å². The highest BCUT2D eigenvalue weighted by molar-refractivity contribution is 9.10. The van der Waals surface area contributed by atoms with Gasteiger partial charge in [0.15, 0.2) is 0 Å². The second-order valence-electron chi connectivity index (χ2n) is 5.22. The molecule has 4 nitrogen and oxygen atoms in total. The Labute approximate surface area is 132 Å². The summed E-state index contributed by atoms with van der Waals surface area (Å²) >= 11 is 5.18. The normalized spacial score (nSPS) is 17.7. The molecule has 0 radical (unpaired) electrons. The van der Waals surface area contributed by atoms with E-state index in [0.717, 1.165) is 4.47 Å². The molecular weight excluding hydrogens is 338 g/mol. The number of nitrogens with one attached hydrogen (secondary N) is 1. The Morgan fingerprint density at radius 2 is 2.20 bits per heavy atom. The molecule has 1 aromatic rings. The van der Waals surface area contributed by atoms with E-state index >= 15 is 0 Å². The minimum Gasteiger partial charge on any atom is -0.383 e. The summed E-state index contributed by atoms with van der Waals surface area (Å²) < 4.78 is 0.941. The predicted octanol–water partition coefficient (Wildman–Crippen LogP) is 3.22. The van der Waals surface area contributed by atoms with Crippen LogP contribution in [0.2, 0.25) is 0 Å². The molecule has 0 unspecified atom stereocenters. The number of carbonyl (C=O) groups is 1. The smallest absolute Gasteiger partial charge is 0.255 e. The lowest BCUT2D eigenvalue weighted by atomic mass is 9.88. The number of thioether (sulfide) groups is 1. The third kappa shape index (κ3) is 3.67. The summed E-state index contributed by atoms with van der Waals surface area (Å²) in [6.45, 7) is 0.693. The molecule has 1 amide bonds. The number of nitrogens with zero attached hydrogens (tertiary/aromatic N) is 1. The summed E-state index contributed by atoms with van der Waals surface area (Å²) in [4.78, 5) is 16.3. The van der Waals surface area contributed by atoms with Crippen molar-refractivity contribution in [3.05, 3.63) is 22.3 Å². The molecule has 0 bridgehead atoms. The van der Waals surface area contributed by atoms with Crippen molar-refractivity contribution < 1.29 is 4.79 Å². The van der Waals surface area contributed by atoms with Gasteiger partial charge in [0.25, 0.3) is 5.91 Å². The molecule has 0 aromatic carbocycles. The van der Waals surface area contributed by atoms with Gasteiger partial charge >= 0.3 is 0 Å². The lowest BCUT2D eigenvalue weighted by molar-refractivity contribution is 0.0947. The predicted molar refractivity (Wildman–Crippen MR) is 88.0 cm³/mol. The quantitative estimate of drug-likeness (QED) is 0.867. The summed E-state index contributed by atoms with van der Waals surface area (Å²) in [5.74, 6) is 0.128. The van der Waals surface area contributed by atoms with Crippen LogP contribution in [0.15, 0.2) is 16.7 Å². The number of anilines is 1. The molecule has 1 aliphatic carbocycles. The fourth-order valence-electron chi connectivity index (χ4n) is 2.62. The molecule has 3 N–H and O–H groups in total. The molecule has 0 aliphatic heterocycles. The molecule has 0 atom stereocenters. The molecule has 110 valence electrons. The molecule has 1 fully saturated rings. The van der Waals surface area contributed by atoms with Crippen LogP contribution in [0.1, 0.15) is 42.5 Å².